The van der Waals surface area contributed by atoms with Crippen LogP contribution in [0.15, 0.2) is 60.0 Å². The van der Waals surface area contributed by atoms with Gasteiger partial charge in [0.25, 0.3) is 0 Å². The summed E-state index contributed by atoms with van der Waals surface area (Å²) in [5.74, 6) is 0.946. The Morgan fingerprint density at radius 2 is 1.94 bits per heavy atom. The van der Waals surface area contributed by atoms with Crippen molar-refractivity contribution >= 4 is 28.9 Å². The summed E-state index contributed by atoms with van der Waals surface area (Å²) in [5, 5.41) is 0.788. The van der Waals surface area contributed by atoms with Crippen molar-refractivity contribution in [1.29, 1.82) is 0 Å². The molecule has 0 spiro atoms. The monoisotopic (exact) mass is 274 g/mol. The lowest BCUT2D eigenvalue weighted by Gasteiger charge is -2.05. The largest absolute Gasteiger partial charge is 0.121 e. The molecule has 0 nitrogen and oxygen atoms in total. The molecule has 0 saturated carbocycles. The third kappa shape index (κ3) is 3.66. The van der Waals surface area contributed by atoms with E-state index in [2.05, 4.69) is 36.9 Å². The first kappa shape index (κ1) is 13.3. The highest BCUT2D eigenvalue weighted by Gasteiger charge is 1.99. The quantitative estimate of drug-likeness (QED) is 0.648. The Morgan fingerprint density at radius 3 is 2.67 bits per heavy atom. The van der Waals surface area contributed by atoms with Gasteiger partial charge in [-0.2, -0.15) is 0 Å². The molecule has 2 rings (SSSR count). The number of hydrogen-bond donors (Lipinski definition) is 0. The van der Waals surface area contributed by atoms with Crippen molar-refractivity contribution in [3.8, 4) is 0 Å². The molecule has 0 aliphatic heterocycles. The summed E-state index contributed by atoms with van der Waals surface area (Å²) >= 11 is 7.76. The molecular weight excluding hydrogens is 260 g/mol. The fourth-order valence-corrected chi connectivity index (χ4v) is 2.80. The lowest BCUT2D eigenvalue weighted by Crippen LogP contribution is -1.84. The third-order valence-corrected chi connectivity index (χ3v) is 3.92. The molecule has 2 aromatic carbocycles. The van der Waals surface area contributed by atoms with Crippen molar-refractivity contribution in [2.75, 3.05) is 0 Å². The Kier molecular flexibility index (Phi) is 4.51. The average molecular weight is 275 g/mol. The van der Waals surface area contributed by atoms with Gasteiger partial charge in [0.15, 0.2) is 0 Å². The molecule has 92 valence electrons. The Hall–Kier alpha value is -1.18. The van der Waals surface area contributed by atoms with Crippen LogP contribution in [0.5, 0.6) is 0 Å². The van der Waals surface area contributed by atoms with Crippen LogP contribution in [0.4, 0.5) is 0 Å². The molecule has 0 N–H and O–H groups in total. The van der Waals surface area contributed by atoms with Crippen molar-refractivity contribution in [2.24, 2.45) is 0 Å². The maximum absolute atomic E-state index is 5.97. The first-order chi connectivity index (χ1) is 8.65. The number of rotatable bonds is 4. The first-order valence-corrected chi connectivity index (χ1v) is 7.15. The first-order valence-electron chi connectivity index (χ1n) is 5.78. The van der Waals surface area contributed by atoms with E-state index in [1.165, 1.54) is 16.0 Å². The van der Waals surface area contributed by atoms with Crippen LogP contribution in [0.1, 0.15) is 18.1 Å². The average Bonchev–Trinajstić information content (AvgIpc) is 2.37. The summed E-state index contributed by atoms with van der Waals surface area (Å²) in [6, 6.07) is 16.5. The molecule has 18 heavy (non-hydrogen) atoms. The number of thioether (sulfide) groups is 1. The highest BCUT2D eigenvalue weighted by Crippen LogP contribution is 2.26. The van der Waals surface area contributed by atoms with Gasteiger partial charge in [0.1, 0.15) is 0 Å². The molecule has 0 unspecified atom stereocenters. The van der Waals surface area contributed by atoms with E-state index in [9.17, 15) is 0 Å². The van der Waals surface area contributed by atoms with Gasteiger partial charge in [-0.05, 0) is 36.2 Å². The summed E-state index contributed by atoms with van der Waals surface area (Å²) in [6.45, 7) is 6.00. The smallest absolute Gasteiger partial charge is 0.0417 e. The Balaban J connectivity index is 2.06. The van der Waals surface area contributed by atoms with Crippen molar-refractivity contribution in [1.82, 2.24) is 0 Å². The van der Waals surface area contributed by atoms with Crippen LogP contribution in [0.3, 0.4) is 0 Å². The number of hydrogen-bond acceptors (Lipinski definition) is 1. The number of allylic oxidation sites excluding steroid dienone is 1. The van der Waals surface area contributed by atoms with Crippen LogP contribution >= 0.6 is 23.4 Å². The molecule has 0 atom stereocenters. The molecule has 0 heterocycles. The molecule has 2 heteroatoms. The van der Waals surface area contributed by atoms with Gasteiger partial charge in [-0.15, -0.1) is 11.8 Å². The molecular formula is C16H15ClS. The van der Waals surface area contributed by atoms with Gasteiger partial charge in [-0.3, -0.25) is 0 Å². The molecule has 0 fully saturated rings. The normalized spacial score (nSPS) is 10.3. The fraction of sp³-hybridized carbons (Fsp3) is 0.125. The molecule has 0 amide bonds. The molecule has 2 aromatic rings. The van der Waals surface area contributed by atoms with Gasteiger partial charge in [-0.1, -0.05) is 54.1 Å². The van der Waals surface area contributed by atoms with E-state index in [0.29, 0.717) is 0 Å². The zero-order chi connectivity index (χ0) is 13.0. The van der Waals surface area contributed by atoms with Gasteiger partial charge in [0.2, 0.25) is 0 Å². The maximum atomic E-state index is 5.97. The minimum Gasteiger partial charge on any atom is -0.121 e. The van der Waals surface area contributed by atoms with E-state index in [4.69, 9.17) is 11.6 Å². The minimum absolute atomic E-state index is 0.788. The van der Waals surface area contributed by atoms with Gasteiger partial charge in [0, 0.05) is 15.7 Å². The standard InChI is InChI=1S/C16H15ClS/c1-12(2)14-6-3-5-13(9-14)11-18-16-8-4-7-15(17)10-16/h3-10H,1,11H2,2H3. The third-order valence-electron chi connectivity index (χ3n) is 2.62. The Bertz CT molecular complexity index is 561. The van der Waals surface area contributed by atoms with E-state index in [1.807, 2.05) is 25.1 Å². The van der Waals surface area contributed by atoms with Crippen LogP contribution < -0.4 is 0 Å². The van der Waals surface area contributed by atoms with E-state index in [1.54, 1.807) is 11.8 Å². The molecule has 0 aliphatic carbocycles. The van der Waals surface area contributed by atoms with Crippen molar-refractivity contribution in [3.05, 3.63) is 71.3 Å². The van der Waals surface area contributed by atoms with Crippen LogP contribution in [0.2, 0.25) is 5.02 Å². The summed E-state index contributed by atoms with van der Waals surface area (Å²) in [5.41, 5.74) is 3.62. The number of benzene rings is 2. The maximum Gasteiger partial charge on any atom is 0.0417 e. The van der Waals surface area contributed by atoms with Gasteiger partial charge in [-0.25, -0.2) is 0 Å². The van der Waals surface area contributed by atoms with Crippen molar-refractivity contribution < 1.29 is 0 Å². The van der Waals surface area contributed by atoms with E-state index in [0.717, 1.165) is 16.3 Å². The molecule has 0 aromatic heterocycles. The zero-order valence-electron chi connectivity index (χ0n) is 10.3. The van der Waals surface area contributed by atoms with Crippen LogP contribution in [-0.4, -0.2) is 0 Å². The summed E-state index contributed by atoms with van der Waals surface area (Å²) in [7, 11) is 0. The number of halogens is 1. The lowest BCUT2D eigenvalue weighted by molar-refractivity contribution is 1.37. The van der Waals surface area contributed by atoms with E-state index in [-0.39, 0.29) is 0 Å². The lowest BCUT2D eigenvalue weighted by atomic mass is 10.1. The highest BCUT2D eigenvalue weighted by atomic mass is 35.5. The minimum atomic E-state index is 0.788. The molecule has 0 bridgehead atoms. The van der Waals surface area contributed by atoms with Crippen molar-refractivity contribution in [3.63, 3.8) is 0 Å². The highest BCUT2D eigenvalue weighted by molar-refractivity contribution is 7.98. The fourth-order valence-electron chi connectivity index (χ4n) is 1.65. The van der Waals surface area contributed by atoms with Gasteiger partial charge < -0.3 is 0 Å². The van der Waals surface area contributed by atoms with Crippen LogP contribution in [0.25, 0.3) is 5.57 Å². The summed E-state index contributed by atoms with van der Waals surface area (Å²) in [6.07, 6.45) is 0. The van der Waals surface area contributed by atoms with Crippen molar-refractivity contribution in [2.45, 2.75) is 17.6 Å². The predicted molar refractivity (Wildman–Crippen MR) is 82.2 cm³/mol. The second-order valence-electron chi connectivity index (χ2n) is 4.23. The SMILES string of the molecule is C=C(C)c1cccc(CSc2cccc(Cl)c2)c1. The molecule has 0 radical (unpaired) electrons. The Morgan fingerprint density at radius 1 is 1.17 bits per heavy atom. The second-order valence-corrected chi connectivity index (χ2v) is 5.71. The topological polar surface area (TPSA) is 0 Å². The molecule has 0 saturated heterocycles. The predicted octanol–water partition coefficient (Wildman–Crippen LogP) is 5.67. The van der Waals surface area contributed by atoms with Gasteiger partial charge in [0.05, 0.1) is 0 Å². The summed E-state index contributed by atoms with van der Waals surface area (Å²) in [4.78, 5) is 1.20. The molecule has 0 aliphatic rings. The van der Waals surface area contributed by atoms with E-state index < -0.39 is 0 Å². The Labute approximate surface area is 118 Å². The second kappa shape index (κ2) is 6.12. The van der Waals surface area contributed by atoms with E-state index >= 15 is 0 Å². The van der Waals surface area contributed by atoms with Crippen LogP contribution in [0, 0.1) is 0 Å². The van der Waals surface area contributed by atoms with Gasteiger partial charge >= 0.3 is 0 Å². The summed E-state index contributed by atoms with van der Waals surface area (Å²) < 4.78 is 0. The zero-order valence-corrected chi connectivity index (χ0v) is 11.9. The van der Waals surface area contributed by atoms with Crippen LogP contribution in [-0.2, 0) is 5.75 Å².